The summed E-state index contributed by atoms with van der Waals surface area (Å²) in [6.07, 6.45) is 0.302. The van der Waals surface area contributed by atoms with E-state index in [1.54, 1.807) is 0 Å². The molecule has 3 atom stereocenters. The molecule has 0 rings (SSSR count). The van der Waals surface area contributed by atoms with Crippen LogP contribution in [0, 0.1) is 5.92 Å². The highest BCUT2D eigenvalue weighted by atomic mass is 16.3. The lowest BCUT2D eigenvalue weighted by Crippen LogP contribution is -2.38. The molecule has 0 aromatic rings. The van der Waals surface area contributed by atoms with Crippen LogP contribution in [0.3, 0.4) is 0 Å². The van der Waals surface area contributed by atoms with E-state index in [0.29, 0.717) is 6.42 Å². The van der Waals surface area contributed by atoms with Gasteiger partial charge in [0.25, 0.3) is 0 Å². The average Bonchev–Trinajstić information content (AvgIpc) is 2.00. The summed E-state index contributed by atoms with van der Waals surface area (Å²) in [4.78, 5) is 0. The minimum Gasteiger partial charge on any atom is -0.395 e. The topological polar surface area (TPSA) is 66.5 Å². The lowest BCUT2D eigenvalue weighted by molar-refractivity contribution is 0.0822. The summed E-state index contributed by atoms with van der Waals surface area (Å²) in [6, 6.07) is -0.296. The van der Waals surface area contributed by atoms with Crippen LogP contribution < -0.4 is 5.73 Å². The fraction of sp³-hybridized carbons (Fsp3) is 1.00. The molecule has 62 valence electrons. The van der Waals surface area contributed by atoms with Crippen molar-refractivity contribution in [1.82, 2.24) is 0 Å². The minimum atomic E-state index is -0.387. The monoisotopic (exact) mass is 147 g/mol. The molecule has 0 spiro atoms. The Labute approximate surface area is 61.9 Å². The Bertz CT molecular complexity index is 77.7. The normalized spacial score (nSPS) is 20.1. The molecule has 0 aliphatic carbocycles. The van der Waals surface area contributed by atoms with Gasteiger partial charge in [0.2, 0.25) is 0 Å². The molecule has 3 unspecified atom stereocenters. The number of hydrogen-bond acceptors (Lipinski definition) is 3. The van der Waals surface area contributed by atoms with E-state index in [1.807, 2.05) is 13.8 Å². The first-order valence-corrected chi connectivity index (χ1v) is 3.68. The van der Waals surface area contributed by atoms with Gasteiger partial charge < -0.3 is 15.9 Å². The van der Waals surface area contributed by atoms with Crippen LogP contribution in [0.15, 0.2) is 0 Å². The van der Waals surface area contributed by atoms with Gasteiger partial charge in [-0.1, -0.05) is 13.8 Å². The van der Waals surface area contributed by atoms with Crippen LogP contribution >= 0.6 is 0 Å². The van der Waals surface area contributed by atoms with E-state index in [2.05, 4.69) is 0 Å². The summed E-state index contributed by atoms with van der Waals surface area (Å²) in [6.45, 7) is 3.68. The second kappa shape index (κ2) is 4.66. The Kier molecular flexibility index (Phi) is 4.60. The number of aliphatic hydroxyl groups excluding tert-OH is 2. The lowest BCUT2D eigenvalue weighted by atomic mass is 9.95. The molecule has 0 radical (unpaired) electrons. The molecule has 0 bridgehead atoms. The van der Waals surface area contributed by atoms with Crippen molar-refractivity contribution in [2.45, 2.75) is 32.4 Å². The predicted octanol–water partition coefficient (Wildman–Crippen LogP) is -0.287. The highest BCUT2D eigenvalue weighted by Gasteiger charge is 2.18. The van der Waals surface area contributed by atoms with Crippen molar-refractivity contribution in [2.75, 3.05) is 6.61 Å². The van der Waals surface area contributed by atoms with Crippen molar-refractivity contribution in [2.24, 2.45) is 11.7 Å². The maximum atomic E-state index is 9.24. The van der Waals surface area contributed by atoms with Gasteiger partial charge in [-0.15, -0.1) is 0 Å². The second-order valence-corrected chi connectivity index (χ2v) is 2.68. The lowest BCUT2D eigenvalue weighted by Gasteiger charge is -2.21. The maximum absolute atomic E-state index is 9.24. The second-order valence-electron chi connectivity index (χ2n) is 2.68. The summed E-state index contributed by atoms with van der Waals surface area (Å²) < 4.78 is 0. The Balaban J connectivity index is 3.69. The van der Waals surface area contributed by atoms with Gasteiger partial charge >= 0.3 is 0 Å². The molecule has 10 heavy (non-hydrogen) atoms. The first-order chi connectivity index (χ1) is 4.63. The van der Waals surface area contributed by atoms with Crippen molar-refractivity contribution in [3.8, 4) is 0 Å². The molecular formula is C7H17NO2. The van der Waals surface area contributed by atoms with E-state index in [4.69, 9.17) is 10.8 Å². The Morgan fingerprint density at radius 1 is 1.50 bits per heavy atom. The third-order valence-corrected chi connectivity index (χ3v) is 1.91. The van der Waals surface area contributed by atoms with Crippen LogP contribution in [0.25, 0.3) is 0 Å². The van der Waals surface area contributed by atoms with Gasteiger partial charge in [-0.25, -0.2) is 0 Å². The van der Waals surface area contributed by atoms with Crippen molar-refractivity contribution in [3.63, 3.8) is 0 Å². The zero-order chi connectivity index (χ0) is 8.15. The molecule has 0 aliphatic rings. The summed E-state index contributed by atoms with van der Waals surface area (Å²) in [7, 11) is 0. The smallest absolute Gasteiger partial charge is 0.0586 e. The van der Waals surface area contributed by atoms with E-state index in [0.717, 1.165) is 0 Å². The van der Waals surface area contributed by atoms with Crippen molar-refractivity contribution in [3.05, 3.63) is 0 Å². The van der Waals surface area contributed by atoms with Crippen LogP contribution in [0.2, 0.25) is 0 Å². The highest BCUT2D eigenvalue weighted by Crippen LogP contribution is 2.09. The summed E-state index contributed by atoms with van der Waals surface area (Å²) in [5.41, 5.74) is 5.48. The van der Waals surface area contributed by atoms with Crippen LogP contribution in [0.1, 0.15) is 20.3 Å². The maximum Gasteiger partial charge on any atom is 0.0586 e. The van der Waals surface area contributed by atoms with Crippen LogP contribution in [-0.2, 0) is 0 Å². The molecule has 0 saturated heterocycles. The van der Waals surface area contributed by atoms with Gasteiger partial charge in [-0.3, -0.25) is 0 Å². The zero-order valence-corrected chi connectivity index (χ0v) is 6.62. The molecule has 0 aromatic carbocycles. The van der Waals surface area contributed by atoms with E-state index in [1.165, 1.54) is 0 Å². The summed E-state index contributed by atoms with van der Waals surface area (Å²) in [5.74, 6) is -0.0185. The largest absolute Gasteiger partial charge is 0.395 e. The molecular weight excluding hydrogens is 130 g/mol. The molecule has 0 saturated carbocycles. The van der Waals surface area contributed by atoms with Gasteiger partial charge in [-0.2, -0.15) is 0 Å². The van der Waals surface area contributed by atoms with Gasteiger partial charge in [0, 0.05) is 6.04 Å². The third kappa shape index (κ3) is 2.64. The quantitative estimate of drug-likeness (QED) is 0.512. The molecule has 0 aliphatic heterocycles. The van der Waals surface area contributed by atoms with Gasteiger partial charge in [0.1, 0.15) is 0 Å². The molecule has 4 N–H and O–H groups in total. The van der Waals surface area contributed by atoms with Gasteiger partial charge in [0.15, 0.2) is 0 Å². The fourth-order valence-corrected chi connectivity index (χ4v) is 0.823. The summed E-state index contributed by atoms with van der Waals surface area (Å²) >= 11 is 0. The van der Waals surface area contributed by atoms with Crippen molar-refractivity contribution in [1.29, 1.82) is 0 Å². The first-order valence-electron chi connectivity index (χ1n) is 3.68. The predicted molar refractivity (Wildman–Crippen MR) is 40.5 cm³/mol. The number of rotatable bonds is 4. The number of hydrogen-bond donors (Lipinski definition) is 3. The SMILES string of the molecule is CCC(O)C(C)C(N)CO. The van der Waals surface area contributed by atoms with Crippen molar-refractivity contribution < 1.29 is 10.2 Å². The first kappa shape index (κ1) is 9.88. The van der Waals surface area contributed by atoms with Gasteiger partial charge in [-0.05, 0) is 12.3 Å². The Morgan fingerprint density at radius 3 is 2.30 bits per heavy atom. The van der Waals surface area contributed by atoms with Crippen molar-refractivity contribution >= 4 is 0 Å². The molecule has 0 fully saturated rings. The molecule has 0 heterocycles. The molecule has 3 nitrogen and oxygen atoms in total. The van der Waals surface area contributed by atoms with Crippen LogP contribution in [-0.4, -0.2) is 29.0 Å². The third-order valence-electron chi connectivity index (χ3n) is 1.91. The highest BCUT2D eigenvalue weighted by molar-refractivity contribution is 4.73. The average molecular weight is 147 g/mol. The standard InChI is InChI=1S/C7H17NO2/c1-3-7(10)5(2)6(8)4-9/h5-7,9-10H,3-4,8H2,1-2H3. The molecule has 3 heteroatoms. The minimum absolute atomic E-state index is 0.0185. The molecule has 0 amide bonds. The summed E-state index contributed by atoms with van der Waals surface area (Å²) in [5, 5.41) is 17.9. The van der Waals surface area contributed by atoms with E-state index < -0.39 is 0 Å². The number of aliphatic hydroxyl groups is 2. The molecule has 0 aromatic heterocycles. The Hall–Kier alpha value is -0.120. The fourth-order valence-electron chi connectivity index (χ4n) is 0.823. The van der Waals surface area contributed by atoms with Gasteiger partial charge in [0.05, 0.1) is 12.7 Å². The van der Waals surface area contributed by atoms with Crippen LogP contribution in [0.4, 0.5) is 0 Å². The number of nitrogens with two attached hydrogens (primary N) is 1. The van der Waals surface area contributed by atoms with E-state index in [-0.39, 0.29) is 24.7 Å². The van der Waals surface area contributed by atoms with E-state index in [9.17, 15) is 5.11 Å². The van der Waals surface area contributed by atoms with E-state index >= 15 is 0 Å². The van der Waals surface area contributed by atoms with Crippen LogP contribution in [0.5, 0.6) is 0 Å². The zero-order valence-electron chi connectivity index (χ0n) is 6.62. The Morgan fingerprint density at radius 2 is 2.00 bits per heavy atom.